The molecule has 1 amide bonds. The van der Waals surface area contributed by atoms with Gasteiger partial charge in [-0.05, 0) is 70.4 Å². The van der Waals surface area contributed by atoms with E-state index in [1.54, 1.807) is 29.3 Å². The number of anilines is 2. The van der Waals surface area contributed by atoms with E-state index in [2.05, 4.69) is 20.3 Å². The van der Waals surface area contributed by atoms with Gasteiger partial charge in [-0.15, -0.1) is 0 Å². The number of carbonyl (C=O) groups is 1. The zero-order valence-electron chi connectivity index (χ0n) is 19.3. The minimum atomic E-state index is -0.558. The van der Waals surface area contributed by atoms with Crippen molar-refractivity contribution >= 4 is 28.5 Å². The fraction of sp³-hybridized carbons (Fsp3) is 0.417. The summed E-state index contributed by atoms with van der Waals surface area (Å²) in [6, 6.07) is 6.80. The number of nitrogens with zero attached hydrogens (tertiary/aromatic N) is 4. The number of aromatic nitrogens is 3. The summed E-state index contributed by atoms with van der Waals surface area (Å²) in [7, 11) is 0. The van der Waals surface area contributed by atoms with Gasteiger partial charge in [0.25, 0.3) is 0 Å². The summed E-state index contributed by atoms with van der Waals surface area (Å²) < 4.78 is 26.4. The van der Waals surface area contributed by atoms with Crippen LogP contribution in [0.3, 0.4) is 0 Å². The highest BCUT2D eigenvalue weighted by molar-refractivity contribution is 5.91. The highest BCUT2D eigenvalue weighted by Gasteiger charge is 2.29. The predicted molar refractivity (Wildman–Crippen MR) is 123 cm³/mol. The molecule has 2 aromatic heterocycles. The highest BCUT2D eigenvalue weighted by Crippen LogP contribution is 2.31. The van der Waals surface area contributed by atoms with Gasteiger partial charge in [0, 0.05) is 12.7 Å². The van der Waals surface area contributed by atoms with E-state index in [0.717, 1.165) is 18.4 Å². The molecular formula is C24H28FN5O3. The molecule has 1 saturated heterocycles. The zero-order valence-corrected chi connectivity index (χ0v) is 19.3. The Morgan fingerprint density at radius 1 is 1.24 bits per heavy atom. The second-order valence-corrected chi connectivity index (χ2v) is 9.15. The number of amides is 1. The number of aryl methyl sites for hydroxylation is 1. The molecule has 0 spiro atoms. The van der Waals surface area contributed by atoms with E-state index in [1.165, 1.54) is 12.4 Å². The monoisotopic (exact) mass is 453 g/mol. The molecule has 0 radical (unpaired) electrons. The maximum atomic E-state index is 14.7. The van der Waals surface area contributed by atoms with E-state index in [-0.39, 0.29) is 12.2 Å². The van der Waals surface area contributed by atoms with Crippen LogP contribution >= 0.6 is 0 Å². The molecule has 1 aliphatic heterocycles. The van der Waals surface area contributed by atoms with Crippen LogP contribution in [0.4, 0.5) is 20.7 Å². The number of piperidine rings is 1. The molecule has 174 valence electrons. The van der Waals surface area contributed by atoms with Crippen LogP contribution in [0.5, 0.6) is 5.88 Å². The number of ether oxygens (including phenoxy) is 2. The van der Waals surface area contributed by atoms with Crippen LogP contribution in [0.2, 0.25) is 0 Å². The first kappa shape index (κ1) is 22.7. The molecule has 3 aromatic rings. The van der Waals surface area contributed by atoms with Crippen LogP contribution < -0.4 is 10.1 Å². The van der Waals surface area contributed by atoms with E-state index >= 15 is 0 Å². The number of rotatable bonds is 4. The lowest BCUT2D eigenvalue weighted by Gasteiger charge is -2.34. The van der Waals surface area contributed by atoms with Gasteiger partial charge in [-0.25, -0.2) is 24.1 Å². The van der Waals surface area contributed by atoms with Crippen LogP contribution in [0, 0.1) is 12.7 Å². The van der Waals surface area contributed by atoms with Gasteiger partial charge in [-0.3, -0.25) is 0 Å². The normalized spacial score (nSPS) is 16.5. The molecule has 9 heteroatoms. The molecule has 4 rings (SSSR count). The summed E-state index contributed by atoms with van der Waals surface area (Å²) in [5.41, 5.74) is 1.28. The standard InChI is InChI=1S/C24H28FN5O3/c1-15-11-17(25)20-19(12-15)27-14-28-21(20)29-18-8-5-9-26-22(18)32-16-7-6-10-30(13-16)23(31)33-24(2,3)4/h5,8-9,11-12,14,16H,6-7,10,13H2,1-4H3,(H,27,28,29). The molecule has 1 aromatic carbocycles. The van der Waals surface area contributed by atoms with Gasteiger partial charge in [-0.2, -0.15) is 0 Å². The molecule has 1 aliphatic rings. The first-order chi connectivity index (χ1) is 15.7. The Balaban J connectivity index is 1.53. The summed E-state index contributed by atoms with van der Waals surface area (Å²) in [4.78, 5) is 26.9. The lowest BCUT2D eigenvalue weighted by molar-refractivity contribution is 0.00733. The Hall–Kier alpha value is -3.49. The third-order valence-electron chi connectivity index (χ3n) is 5.17. The smallest absolute Gasteiger partial charge is 0.410 e. The van der Waals surface area contributed by atoms with Gasteiger partial charge in [0.2, 0.25) is 5.88 Å². The zero-order chi connectivity index (χ0) is 23.6. The summed E-state index contributed by atoms with van der Waals surface area (Å²) in [5, 5.41) is 3.44. The molecule has 1 atom stereocenters. The molecule has 33 heavy (non-hydrogen) atoms. The summed E-state index contributed by atoms with van der Waals surface area (Å²) in [6.45, 7) is 8.36. The number of carbonyl (C=O) groups excluding carboxylic acids is 1. The molecule has 1 unspecified atom stereocenters. The average Bonchev–Trinajstić information content (AvgIpc) is 2.74. The van der Waals surface area contributed by atoms with E-state index in [0.29, 0.717) is 41.4 Å². The van der Waals surface area contributed by atoms with Gasteiger partial charge in [-0.1, -0.05) is 0 Å². The van der Waals surface area contributed by atoms with E-state index in [1.807, 2.05) is 27.7 Å². The van der Waals surface area contributed by atoms with E-state index in [9.17, 15) is 9.18 Å². The number of pyridine rings is 1. The lowest BCUT2D eigenvalue weighted by Crippen LogP contribution is -2.46. The number of likely N-dealkylation sites (tertiary alicyclic amines) is 1. The molecule has 0 saturated carbocycles. The Kier molecular flexibility index (Phi) is 6.31. The predicted octanol–water partition coefficient (Wildman–Crippen LogP) is 4.99. The second-order valence-electron chi connectivity index (χ2n) is 9.15. The molecule has 0 bridgehead atoms. The van der Waals surface area contributed by atoms with Crippen molar-refractivity contribution in [2.24, 2.45) is 0 Å². The Morgan fingerprint density at radius 2 is 2.06 bits per heavy atom. The number of benzene rings is 1. The summed E-state index contributed by atoms with van der Waals surface area (Å²) in [5.74, 6) is 0.280. The Labute approximate surface area is 192 Å². The minimum Gasteiger partial charge on any atom is -0.471 e. The number of nitrogens with one attached hydrogen (secondary N) is 1. The first-order valence-electron chi connectivity index (χ1n) is 11.0. The summed E-state index contributed by atoms with van der Waals surface area (Å²) >= 11 is 0. The second kappa shape index (κ2) is 9.17. The van der Waals surface area contributed by atoms with Crippen LogP contribution in [-0.4, -0.2) is 50.7 Å². The van der Waals surface area contributed by atoms with Crippen LogP contribution in [0.1, 0.15) is 39.2 Å². The van der Waals surface area contributed by atoms with Crippen molar-refractivity contribution in [1.82, 2.24) is 19.9 Å². The highest BCUT2D eigenvalue weighted by atomic mass is 19.1. The Bertz CT molecular complexity index is 1160. The fourth-order valence-corrected chi connectivity index (χ4v) is 3.76. The molecule has 1 N–H and O–H groups in total. The number of halogens is 1. The average molecular weight is 454 g/mol. The van der Waals surface area contributed by atoms with Crippen LogP contribution in [-0.2, 0) is 4.74 Å². The van der Waals surface area contributed by atoms with Gasteiger partial charge in [0.1, 0.15) is 35.4 Å². The minimum absolute atomic E-state index is 0.247. The number of hydrogen-bond donors (Lipinski definition) is 1. The van der Waals surface area contributed by atoms with Crippen molar-refractivity contribution in [3.8, 4) is 5.88 Å². The number of fused-ring (bicyclic) bond motifs is 1. The van der Waals surface area contributed by atoms with E-state index in [4.69, 9.17) is 9.47 Å². The molecular weight excluding hydrogens is 425 g/mol. The Morgan fingerprint density at radius 3 is 2.85 bits per heavy atom. The largest absolute Gasteiger partial charge is 0.471 e. The van der Waals surface area contributed by atoms with Crippen molar-refractivity contribution in [2.75, 3.05) is 18.4 Å². The van der Waals surface area contributed by atoms with Gasteiger partial charge in [0.15, 0.2) is 0 Å². The van der Waals surface area contributed by atoms with Crippen LogP contribution in [0.15, 0.2) is 36.8 Å². The maximum absolute atomic E-state index is 14.7. The topological polar surface area (TPSA) is 89.5 Å². The SMILES string of the molecule is Cc1cc(F)c2c(Nc3cccnc3OC3CCCN(C(=O)OC(C)(C)C)C3)ncnc2c1. The van der Waals surface area contributed by atoms with Gasteiger partial charge < -0.3 is 19.7 Å². The number of hydrogen-bond acceptors (Lipinski definition) is 7. The van der Waals surface area contributed by atoms with E-state index < -0.39 is 11.4 Å². The van der Waals surface area contributed by atoms with Crippen molar-refractivity contribution in [1.29, 1.82) is 0 Å². The van der Waals surface area contributed by atoms with Crippen molar-refractivity contribution in [3.05, 3.63) is 48.2 Å². The first-order valence-corrected chi connectivity index (χ1v) is 11.0. The maximum Gasteiger partial charge on any atom is 0.410 e. The third-order valence-corrected chi connectivity index (χ3v) is 5.17. The molecule has 1 fully saturated rings. The fourth-order valence-electron chi connectivity index (χ4n) is 3.76. The lowest BCUT2D eigenvalue weighted by atomic mass is 10.1. The van der Waals surface area contributed by atoms with Crippen molar-refractivity contribution in [2.45, 2.75) is 52.2 Å². The third kappa shape index (κ3) is 5.47. The van der Waals surface area contributed by atoms with Gasteiger partial charge in [0.05, 0.1) is 17.4 Å². The molecule has 8 nitrogen and oxygen atoms in total. The molecule has 3 heterocycles. The van der Waals surface area contributed by atoms with Crippen LogP contribution in [0.25, 0.3) is 10.9 Å². The van der Waals surface area contributed by atoms with Crippen molar-refractivity contribution < 1.29 is 18.7 Å². The van der Waals surface area contributed by atoms with Gasteiger partial charge >= 0.3 is 6.09 Å². The van der Waals surface area contributed by atoms with Crippen molar-refractivity contribution in [3.63, 3.8) is 0 Å². The molecule has 0 aliphatic carbocycles. The summed E-state index contributed by atoms with van der Waals surface area (Å²) in [6.07, 6.45) is 3.98. The quantitative estimate of drug-likeness (QED) is 0.595.